The predicted molar refractivity (Wildman–Crippen MR) is 78.5 cm³/mol. The first kappa shape index (κ1) is 19.7. The molecule has 1 saturated carbocycles. The van der Waals surface area contributed by atoms with E-state index in [1.54, 1.807) is 38.1 Å². The number of carbonyl (C=O) groups excluding carboxylic acids is 3. The summed E-state index contributed by atoms with van der Waals surface area (Å²) in [5.41, 5.74) is -0.459. The summed E-state index contributed by atoms with van der Waals surface area (Å²) in [6, 6.07) is 8.88. The fraction of sp³-hybridized carbons (Fsp3) is 0.438. The van der Waals surface area contributed by atoms with E-state index in [4.69, 9.17) is 0 Å². The molecule has 2 rings (SSSR count). The quantitative estimate of drug-likeness (QED) is 0.550. The van der Waals surface area contributed by atoms with Crippen LogP contribution in [0.1, 0.15) is 20.3 Å². The number of para-hydroxylation sites is 1. The van der Waals surface area contributed by atoms with Gasteiger partial charge in [-0.3, -0.25) is 9.59 Å². The van der Waals surface area contributed by atoms with Gasteiger partial charge in [-0.25, -0.2) is 0 Å². The zero-order valence-corrected chi connectivity index (χ0v) is 15.6. The second kappa shape index (κ2) is 7.95. The van der Waals surface area contributed by atoms with E-state index in [1.807, 2.05) is 6.07 Å². The molecule has 1 fully saturated rings. The van der Waals surface area contributed by atoms with Crippen molar-refractivity contribution in [2.45, 2.75) is 20.3 Å². The summed E-state index contributed by atoms with van der Waals surface area (Å²) in [6.07, 6.45) is 0.263. The van der Waals surface area contributed by atoms with Crippen molar-refractivity contribution < 1.29 is 49.0 Å². The monoisotopic (exact) mass is 326 g/mol. The number of nitrogens with one attached hydrogen (secondary N) is 2. The van der Waals surface area contributed by atoms with Crippen LogP contribution in [0.5, 0.6) is 0 Å². The molecule has 7 heteroatoms. The van der Waals surface area contributed by atoms with Crippen molar-refractivity contribution in [1.29, 1.82) is 0 Å². The first-order chi connectivity index (χ1) is 10.4. The third kappa shape index (κ3) is 4.34. The Morgan fingerprint density at radius 2 is 1.87 bits per heavy atom. The third-order valence-corrected chi connectivity index (χ3v) is 4.21. The van der Waals surface area contributed by atoms with E-state index >= 15 is 0 Å². The van der Waals surface area contributed by atoms with Crippen molar-refractivity contribution in [2.75, 3.05) is 11.9 Å². The minimum Gasteiger partial charge on any atom is -0.550 e. The first-order valence-electron chi connectivity index (χ1n) is 7.22. The minimum absolute atomic E-state index is 0. The summed E-state index contributed by atoms with van der Waals surface area (Å²) in [7, 11) is 0. The predicted octanol–water partition coefficient (Wildman–Crippen LogP) is -2.84. The average Bonchev–Trinajstić information content (AvgIpc) is 3.23. The van der Waals surface area contributed by atoms with E-state index < -0.39 is 23.2 Å². The smallest absolute Gasteiger partial charge is 0.550 e. The second-order valence-electron chi connectivity index (χ2n) is 5.87. The normalized spacial score (nSPS) is 22.0. The third-order valence-electron chi connectivity index (χ3n) is 4.21. The molecular formula is C16H19N2NaO4. The summed E-state index contributed by atoms with van der Waals surface area (Å²) in [4.78, 5) is 35.0. The van der Waals surface area contributed by atoms with E-state index in [1.165, 1.54) is 0 Å². The van der Waals surface area contributed by atoms with Gasteiger partial charge in [-0.2, -0.15) is 0 Å². The number of carboxylic acid groups (broad SMARTS) is 1. The van der Waals surface area contributed by atoms with Gasteiger partial charge in [-0.05, 0) is 24.5 Å². The molecule has 0 radical (unpaired) electrons. The summed E-state index contributed by atoms with van der Waals surface area (Å²) in [5.74, 6) is -2.78. The fourth-order valence-electron chi connectivity index (χ4n) is 2.72. The summed E-state index contributed by atoms with van der Waals surface area (Å²) in [5, 5.41) is 16.4. The zero-order valence-electron chi connectivity index (χ0n) is 13.6. The molecule has 0 saturated heterocycles. The zero-order chi connectivity index (χ0) is 16.3. The molecule has 2 unspecified atom stereocenters. The standard InChI is InChI=1S/C16H20N2O4.Na/c1-10(2)16(15(21)22)8-12(16)14(20)17-9-13(19)18-11-6-4-3-5-7-11;/h3-7,10,12H,8-9H2,1-2H3,(H,17,20)(H,18,19)(H,21,22);/q;+1/p-1. The molecule has 1 aliphatic rings. The van der Waals surface area contributed by atoms with Crippen molar-refractivity contribution in [2.24, 2.45) is 17.3 Å². The van der Waals surface area contributed by atoms with Crippen molar-refractivity contribution in [3.05, 3.63) is 30.3 Å². The number of benzene rings is 1. The van der Waals surface area contributed by atoms with Crippen LogP contribution in [0.3, 0.4) is 0 Å². The van der Waals surface area contributed by atoms with Crippen LogP contribution in [-0.4, -0.2) is 24.3 Å². The molecular weight excluding hydrogens is 307 g/mol. The Bertz CT molecular complexity index is 591. The van der Waals surface area contributed by atoms with E-state index in [0.29, 0.717) is 5.69 Å². The molecule has 2 N–H and O–H groups in total. The van der Waals surface area contributed by atoms with Gasteiger partial charge in [-0.1, -0.05) is 32.0 Å². The summed E-state index contributed by atoms with van der Waals surface area (Å²) < 4.78 is 0. The number of rotatable bonds is 6. The molecule has 0 heterocycles. The molecule has 1 aromatic carbocycles. The number of hydrogen-bond donors (Lipinski definition) is 2. The van der Waals surface area contributed by atoms with E-state index in [9.17, 15) is 19.5 Å². The SMILES string of the molecule is CC(C)C1(C(=O)[O-])CC1C(=O)NCC(=O)Nc1ccccc1.[Na+]. The molecule has 0 bridgehead atoms. The molecule has 1 aliphatic carbocycles. The maximum absolute atomic E-state index is 12.0. The number of carbonyl (C=O) groups is 3. The van der Waals surface area contributed by atoms with Gasteiger partial charge in [0.25, 0.3) is 0 Å². The van der Waals surface area contributed by atoms with E-state index in [-0.39, 0.29) is 54.3 Å². The Morgan fingerprint density at radius 3 is 2.35 bits per heavy atom. The van der Waals surface area contributed by atoms with Crippen molar-refractivity contribution in [3.8, 4) is 0 Å². The van der Waals surface area contributed by atoms with Crippen LogP contribution in [0.15, 0.2) is 30.3 Å². The average molecular weight is 326 g/mol. The van der Waals surface area contributed by atoms with Gasteiger partial charge in [-0.15, -0.1) is 0 Å². The van der Waals surface area contributed by atoms with Gasteiger partial charge in [0.1, 0.15) is 0 Å². The Morgan fingerprint density at radius 1 is 1.26 bits per heavy atom. The topological polar surface area (TPSA) is 98.3 Å². The molecule has 0 aromatic heterocycles. The van der Waals surface area contributed by atoms with Gasteiger partial charge in [0.15, 0.2) is 0 Å². The number of aliphatic carboxylic acids is 1. The van der Waals surface area contributed by atoms with Crippen molar-refractivity contribution >= 4 is 23.5 Å². The van der Waals surface area contributed by atoms with Crippen LogP contribution in [0.2, 0.25) is 0 Å². The Balaban J connectivity index is 0.00000264. The minimum atomic E-state index is -1.20. The molecule has 6 nitrogen and oxygen atoms in total. The largest absolute Gasteiger partial charge is 1.00 e. The van der Waals surface area contributed by atoms with Gasteiger partial charge >= 0.3 is 29.6 Å². The number of amides is 2. The van der Waals surface area contributed by atoms with Gasteiger partial charge in [0.05, 0.1) is 6.54 Å². The van der Waals surface area contributed by atoms with Crippen LogP contribution in [0.4, 0.5) is 5.69 Å². The van der Waals surface area contributed by atoms with Crippen LogP contribution in [-0.2, 0) is 14.4 Å². The molecule has 0 aliphatic heterocycles. The second-order valence-corrected chi connectivity index (χ2v) is 5.87. The first-order valence-corrected chi connectivity index (χ1v) is 7.22. The van der Waals surface area contributed by atoms with Gasteiger partial charge < -0.3 is 20.5 Å². The molecule has 2 atom stereocenters. The van der Waals surface area contributed by atoms with Gasteiger partial charge in [0, 0.05) is 23.0 Å². The van der Waals surface area contributed by atoms with Crippen molar-refractivity contribution in [1.82, 2.24) is 5.32 Å². The molecule has 1 aromatic rings. The number of anilines is 1. The van der Waals surface area contributed by atoms with Crippen LogP contribution in [0.25, 0.3) is 0 Å². The fourth-order valence-corrected chi connectivity index (χ4v) is 2.72. The maximum Gasteiger partial charge on any atom is 1.00 e. The van der Waals surface area contributed by atoms with Crippen molar-refractivity contribution in [3.63, 3.8) is 0 Å². The molecule has 118 valence electrons. The Kier molecular flexibility index (Phi) is 6.80. The van der Waals surface area contributed by atoms with E-state index in [0.717, 1.165) is 0 Å². The number of carboxylic acids is 1. The maximum atomic E-state index is 12.0. The summed E-state index contributed by atoms with van der Waals surface area (Å²) >= 11 is 0. The van der Waals surface area contributed by atoms with Crippen LogP contribution >= 0.6 is 0 Å². The van der Waals surface area contributed by atoms with Gasteiger partial charge in [0.2, 0.25) is 11.8 Å². The number of hydrogen-bond acceptors (Lipinski definition) is 4. The Hall–Kier alpha value is -1.37. The summed E-state index contributed by atoms with van der Waals surface area (Å²) in [6.45, 7) is 3.32. The van der Waals surface area contributed by atoms with E-state index in [2.05, 4.69) is 10.6 Å². The Labute approximate surface area is 157 Å². The molecule has 0 spiro atoms. The van der Waals surface area contributed by atoms with Crippen LogP contribution in [0, 0.1) is 17.3 Å². The van der Waals surface area contributed by atoms with Crippen LogP contribution < -0.4 is 45.3 Å². The molecule has 23 heavy (non-hydrogen) atoms. The molecule has 2 amide bonds.